The molecule has 0 aromatic carbocycles. The molecule has 0 aliphatic rings. The van der Waals surface area contributed by atoms with Crippen LogP contribution in [0.5, 0.6) is 0 Å². The molecule has 0 saturated heterocycles. The van der Waals surface area contributed by atoms with E-state index < -0.39 is 5.69 Å². The lowest BCUT2D eigenvalue weighted by Gasteiger charge is -2.03. The predicted octanol–water partition coefficient (Wildman–Crippen LogP) is 1.03. The van der Waals surface area contributed by atoms with E-state index in [4.69, 9.17) is 0 Å². The predicted molar refractivity (Wildman–Crippen MR) is 74.8 cm³/mol. The Hall–Kier alpha value is -2.03. The van der Waals surface area contributed by atoms with Crippen LogP contribution in [-0.2, 0) is 11.2 Å². The van der Waals surface area contributed by atoms with Gasteiger partial charge in [-0.2, -0.15) is 5.10 Å². The summed E-state index contributed by atoms with van der Waals surface area (Å²) in [6, 6.07) is 0. The first-order valence-electron chi connectivity index (χ1n) is 6.35. The molecule has 0 saturated carbocycles. The van der Waals surface area contributed by atoms with E-state index >= 15 is 0 Å². The van der Waals surface area contributed by atoms with Crippen LogP contribution in [0.4, 0.5) is 5.13 Å². The van der Waals surface area contributed by atoms with E-state index in [2.05, 4.69) is 44.5 Å². The number of aromatic amines is 2. The van der Waals surface area contributed by atoms with Crippen molar-refractivity contribution in [1.29, 1.82) is 0 Å². The lowest BCUT2D eigenvalue weighted by atomic mass is 10.1. The maximum Gasteiger partial charge on any atom is 0.340 e. The average Bonchev–Trinajstić information content (AvgIpc) is 2.99. The molecule has 2 rings (SSSR count). The number of aromatic nitrogens is 5. The van der Waals surface area contributed by atoms with Gasteiger partial charge in [-0.25, -0.2) is 9.89 Å². The van der Waals surface area contributed by atoms with Gasteiger partial charge in [0, 0.05) is 5.92 Å². The molecule has 0 fully saturated rings. The fraction of sp³-hybridized carbons (Fsp3) is 0.545. The summed E-state index contributed by atoms with van der Waals surface area (Å²) in [6.45, 7) is 4.20. The van der Waals surface area contributed by atoms with E-state index in [1.807, 2.05) is 0 Å². The third-order valence-electron chi connectivity index (χ3n) is 2.71. The van der Waals surface area contributed by atoms with Crippen LogP contribution in [0, 0.1) is 0 Å². The Morgan fingerprint density at radius 2 is 2.25 bits per heavy atom. The zero-order valence-corrected chi connectivity index (χ0v) is 12.1. The first-order valence-corrected chi connectivity index (χ1v) is 7.17. The fourth-order valence-electron chi connectivity index (χ4n) is 1.75. The molecule has 9 heteroatoms. The highest BCUT2D eigenvalue weighted by atomic mass is 32.1. The highest BCUT2D eigenvalue weighted by molar-refractivity contribution is 7.15. The second-order valence-corrected chi connectivity index (χ2v) is 5.49. The molecule has 3 N–H and O–H groups in total. The van der Waals surface area contributed by atoms with Crippen molar-refractivity contribution in [1.82, 2.24) is 25.4 Å². The smallest absolute Gasteiger partial charge is 0.300 e. The van der Waals surface area contributed by atoms with Crippen LogP contribution in [0.15, 0.2) is 4.79 Å². The van der Waals surface area contributed by atoms with Crippen LogP contribution in [0.2, 0.25) is 0 Å². The minimum absolute atomic E-state index is 0.0157. The molecule has 2 heterocycles. The van der Waals surface area contributed by atoms with Crippen molar-refractivity contribution in [3.8, 4) is 0 Å². The number of hydrogen-bond donors (Lipinski definition) is 3. The average molecular weight is 296 g/mol. The van der Waals surface area contributed by atoms with Crippen molar-refractivity contribution in [2.24, 2.45) is 0 Å². The van der Waals surface area contributed by atoms with Crippen molar-refractivity contribution in [2.45, 2.75) is 39.0 Å². The molecule has 2 aromatic heterocycles. The van der Waals surface area contributed by atoms with Crippen molar-refractivity contribution in [3.63, 3.8) is 0 Å². The summed E-state index contributed by atoms with van der Waals surface area (Å²) in [5.41, 5.74) is -0.431. The molecule has 0 aliphatic heterocycles. The van der Waals surface area contributed by atoms with Crippen molar-refractivity contribution < 1.29 is 4.79 Å². The number of nitrogens with zero attached hydrogens (tertiary/aromatic N) is 3. The van der Waals surface area contributed by atoms with Gasteiger partial charge in [-0.1, -0.05) is 31.6 Å². The van der Waals surface area contributed by atoms with Gasteiger partial charge in [0.2, 0.25) is 11.0 Å². The van der Waals surface area contributed by atoms with Crippen molar-refractivity contribution >= 4 is 22.4 Å². The molecule has 0 radical (unpaired) electrons. The Kier molecular flexibility index (Phi) is 4.61. The summed E-state index contributed by atoms with van der Waals surface area (Å²) in [6.07, 6.45) is 2.10. The van der Waals surface area contributed by atoms with Crippen LogP contribution in [0.25, 0.3) is 0 Å². The lowest BCUT2D eigenvalue weighted by molar-refractivity contribution is -0.115. The Morgan fingerprint density at radius 1 is 1.45 bits per heavy atom. The van der Waals surface area contributed by atoms with Gasteiger partial charge >= 0.3 is 5.69 Å². The van der Waals surface area contributed by atoms with Crippen LogP contribution in [-0.4, -0.2) is 31.3 Å². The van der Waals surface area contributed by atoms with E-state index in [-0.39, 0.29) is 18.2 Å². The second kappa shape index (κ2) is 6.42. The van der Waals surface area contributed by atoms with E-state index in [9.17, 15) is 9.59 Å². The van der Waals surface area contributed by atoms with E-state index in [0.717, 1.165) is 17.8 Å². The topological polar surface area (TPSA) is 116 Å². The van der Waals surface area contributed by atoms with Crippen molar-refractivity contribution in [3.05, 3.63) is 21.3 Å². The Bertz CT molecular complexity index is 631. The molecule has 2 aromatic rings. The summed E-state index contributed by atoms with van der Waals surface area (Å²) < 4.78 is 0. The van der Waals surface area contributed by atoms with Gasteiger partial charge in [0.25, 0.3) is 0 Å². The summed E-state index contributed by atoms with van der Waals surface area (Å²) >= 11 is 1.37. The molecular formula is C11H16N6O2S. The van der Waals surface area contributed by atoms with Crippen LogP contribution >= 0.6 is 11.3 Å². The van der Waals surface area contributed by atoms with Gasteiger partial charge in [0.1, 0.15) is 10.8 Å². The van der Waals surface area contributed by atoms with Gasteiger partial charge in [-0.3, -0.25) is 9.78 Å². The maximum atomic E-state index is 11.7. The number of carbonyl (C=O) groups is 1. The third-order valence-corrected chi connectivity index (χ3v) is 3.78. The third kappa shape index (κ3) is 3.73. The molecule has 1 atom stereocenters. The molecule has 20 heavy (non-hydrogen) atoms. The Balaban J connectivity index is 1.93. The van der Waals surface area contributed by atoms with E-state index in [1.165, 1.54) is 11.3 Å². The monoisotopic (exact) mass is 296 g/mol. The SMILES string of the molecule is CCC[C@@H](C)c1nnc(NC(=O)Cc2n[nH]c(=O)[nH]2)s1. The minimum Gasteiger partial charge on any atom is -0.300 e. The number of H-pyrrole nitrogens is 2. The highest BCUT2D eigenvalue weighted by Crippen LogP contribution is 2.26. The van der Waals surface area contributed by atoms with Crippen molar-refractivity contribution in [2.75, 3.05) is 5.32 Å². The molecule has 1 amide bonds. The molecular weight excluding hydrogens is 280 g/mol. The number of amides is 1. The number of hydrogen-bond acceptors (Lipinski definition) is 6. The molecule has 0 spiro atoms. The summed E-state index contributed by atoms with van der Waals surface area (Å²) in [5, 5.41) is 17.9. The Morgan fingerprint density at radius 3 is 2.90 bits per heavy atom. The number of carbonyl (C=O) groups excluding carboxylic acids is 1. The number of nitrogens with one attached hydrogen (secondary N) is 3. The molecule has 8 nitrogen and oxygen atoms in total. The van der Waals surface area contributed by atoms with Gasteiger partial charge in [-0.15, -0.1) is 10.2 Å². The second-order valence-electron chi connectivity index (χ2n) is 4.48. The normalized spacial score (nSPS) is 12.3. The molecule has 108 valence electrons. The molecule has 0 aliphatic carbocycles. The first kappa shape index (κ1) is 14.4. The number of anilines is 1. The summed E-state index contributed by atoms with van der Waals surface area (Å²) in [7, 11) is 0. The minimum atomic E-state index is -0.431. The van der Waals surface area contributed by atoms with Crippen LogP contribution < -0.4 is 11.0 Å². The van der Waals surface area contributed by atoms with E-state index in [0.29, 0.717) is 11.0 Å². The molecule has 0 bridgehead atoms. The highest BCUT2D eigenvalue weighted by Gasteiger charge is 2.14. The van der Waals surface area contributed by atoms with Crippen LogP contribution in [0.3, 0.4) is 0 Å². The lowest BCUT2D eigenvalue weighted by Crippen LogP contribution is -2.15. The quantitative estimate of drug-likeness (QED) is 0.736. The summed E-state index contributed by atoms with van der Waals surface area (Å²) in [4.78, 5) is 25.0. The zero-order valence-electron chi connectivity index (χ0n) is 11.3. The van der Waals surface area contributed by atoms with Gasteiger partial charge in [0.05, 0.1) is 6.42 Å². The molecule has 0 unspecified atom stereocenters. The number of rotatable bonds is 6. The van der Waals surface area contributed by atoms with Gasteiger partial charge < -0.3 is 5.32 Å². The van der Waals surface area contributed by atoms with E-state index in [1.54, 1.807) is 0 Å². The van der Waals surface area contributed by atoms with Crippen LogP contribution in [0.1, 0.15) is 43.4 Å². The standard InChI is InChI=1S/C11H16N6O2S/c1-3-4-6(2)9-15-17-11(20-9)13-8(18)5-7-12-10(19)16-14-7/h6H,3-5H2,1-2H3,(H,13,17,18)(H2,12,14,16,19)/t6-/m1/s1. The summed E-state index contributed by atoms with van der Waals surface area (Å²) in [5.74, 6) is 0.334. The Labute approximate surface area is 119 Å². The van der Waals surface area contributed by atoms with Gasteiger partial charge in [0.15, 0.2) is 0 Å². The largest absolute Gasteiger partial charge is 0.340 e. The first-order chi connectivity index (χ1) is 9.58. The fourth-order valence-corrected chi connectivity index (χ4v) is 2.59. The van der Waals surface area contributed by atoms with Gasteiger partial charge in [-0.05, 0) is 6.42 Å². The zero-order chi connectivity index (χ0) is 14.5. The maximum absolute atomic E-state index is 11.7.